The summed E-state index contributed by atoms with van der Waals surface area (Å²) >= 11 is 0. The number of aromatic nitrogens is 3. The van der Waals surface area contributed by atoms with Gasteiger partial charge in [-0.15, -0.1) is 0 Å². The molecule has 1 unspecified atom stereocenters. The Balaban J connectivity index is 1.22. The van der Waals surface area contributed by atoms with Gasteiger partial charge >= 0.3 is 6.18 Å². The maximum Gasteiger partial charge on any atom is 0.416 e. The first-order chi connectivity index (χ1) is 18.9. The number of morpholine rings is 1. The molecule has 4 heterocycles. The van der Waals surface area contributed by atoms with E-state index in [1.54, 1.807) is 23.1 Å². The first kappa shape index (κ1) is 26.7. The minimum absolute atomic E-state index is 0.122. The van der Waals surface area contributed by atoms with E-state index in [1.165, 1.54) is 18.5 Å². The van der Waals surface area contributed by atoms with Crippen molar-refractivity contribution in [3.63, 3.8) is 0 Å². The van der Waals surface area contributed by atoms with Crippen LogP contribution in [0.25, 0.3) is 0 Å². The molecule has 3 aromatic rings. The Morgan fingerprint density at radius 2 is 1.87 bits per heavy atom. The SMILES string of the molecule is Fc1cnc(N/N=C/c2ccc(Nc3ccc(C4CCNNC4)c(C(F)(F)F)c3)cn2)nc1N1CCOCC1. The van der Waals surface area contributed by atoms with E-state index in [0.717, 1.165) is 12.3 Å². The zero-order valence-corrected chi connectivity index (χ0v) is 20.8. The van der Waals surface area contributed by atoms with E-state index in [2.05, 4.69) is 41.6 Å². The van der Waals surface area contributed by atoms with E-state index in [0.29, 0.717) is 62.9 Å². The fraction of sp³-hybridized carbons (Fsp3) is 0.360. The average Bonchev–Trinajstić information content (AvgIpc) is 2.95. The molecule has 0 spiro atoms. The highest BCUT2D eigenvalue weighted by molar-refractivity contribution is 5.78. The maximum atomic E-state index is 14.2. The molecule has 10 nitrogen and oxygen atoms in total. The van der Waals surface area contributed by atoms with E-state index in [1.807, 2.05) is 0 Å². The van der Waals surface area contributed by atoms with Crippen LogP contribution in [0.15, 0.2) is 47.8 Å². The van der Waals surface area contributed by atoms with E-state index in [-0.39, 0.29) is 23.2 Å². The van der Waals surface area contributed by atoms with Gasteiger partial charge in [0, 0.05) is 31.9 Å². The quantitative estimate of drug-likeness (QED) is 0.201. The van der Waals surface area contributed by atoms with Crippen LogP contribution in [0.5, 0.6) is 0 Å². The summed E-state index contributed by atoms with van der Waals surface area (Å²) in [4.78, 5) is 14.1. The Kier molecular flexibility index (Phi) is 8.14. The van der Waals surface area contributed by atoms with Crippen molar-refractivity contribution in [3.8, 4) is 0 Å². The number of pyridine rings is 1. The third-order valence-electron chi connectivity index (χ3n) is 6.36. The standard InChI is InChI=1S/C25H27F4N9O/c26-22-15-31-24(36-23(22)38-7-9-39-10-8-38)37-34-14-18-1-2-19(13-30-18)35-17-3-4-20(16-5-6-32-33-12-16)21(11-17)25(27,28)29/h1-4,11,13-16,32-33,35H,5-10,12H2,(H,31,36,37)/b34-14+. The smallest absolute Gasteiger partial charge is 0.378 e. The lowest BCUT2D eigenvalue weighted by molar-refractivity contribution is -0.138. The molecule has 0 aliphatic carbocycles. The molecule has 2 saturated heterocycles. The number of hydrogen-bond donors (Lipinski definition) is 4. The van der Waals surface area contributed by atoms with E-state index < -0.39 is 17.6 Å². The van der Waals surface area contributed by atoms with Gasteiger partial charge in [-0.2, -0.15) is 23.3 Å². The topological polar surface area (TPSA) is 112 Å². The Bertz CT molecular complexity index is 1290. The van der Waals surface area contributed by atoms with E-state index >= 15 is 0 Å². The third kappa shape index (κ3) is 6.77. The molecule has 39 heavy (non-hydrogen) atoms. The first-order valence-electron chi connectivity index (χ1n) is 12.4. The molecule has 0 radical (unpaired) electrons. The summed E-state index contributed by atoms with van der Waals surface area (Å²) in [5.41, 5.74) is 9.46. The number of hydrogen-bond acceptors (Lipinski definition) is 10. The summed E-state index contributed by atoms with van der Waals surface area (Å²) in [6, 6.07) is 7.63. The molecule has 4 N–H and O–H groups in total. The van der Waals surface area contributed by atoms with Crippen LogP contribution in [0.3, 0.4) is 0 Å². The zero-order chi connectivity index (χ0) is 27.2. The lowest BCUT2D eigenvalue weighted by Crippen LogP contribution is -2.42. The van der Waals surface area contributed by atoms with Crippen molar-refractivity contribution in [1.82, 2.24) is 25.8 Å². The highest BCUT2D eigenvalue weighted by Gasteiger charge is 2.36. The largest absolute Gasteiger partial charge is 0.416 e. The van der Waals surface area contributed by atoms with Gasteiger partial charge in [-0.25, -0.2) is 14.8 Å². The van der Waals surface area contributed by atoms with Gasteiger partial charge in [-0.05, 0) is 42.2 Å². The van der Waals surface area contributed by atoms with Crippen molar-refractivity contribution < 1.29 is 22.3 Å². The van der Waals surface area contributed by atoms with Gasteiger partial charge in [-0.3, -0.25) is 15.8 Å². The van der Waals surface area contributed by atoms with Gasteiger partial charge in [-0.1, -0.05) is 6.07 Å². The third-order valence-corrected chi connectivity index (χ3v) is 6.36. The Labute approximate surface area is 221 Å². The monoisotopic (exact) mass is 545 g/mol. The van der Waals surface area contributed by atoms with Gasteiger partial charge in [0.1, 0.15) is 0 Å². The van der Waals surface area contributed by atoms with Crippen LogP contribution < -0.4 is 26.5 Å². The second-order valence-corrected chi connectivity index (χ2v) is 9.02. The number of hydrazine groups is 1. The second-order valence-electron chi connectivity index (χ2n) is 9.02. The molecule has 0 bridgehead atoms. The Morgan fingerprint density at radius 3 is 2.59 bits per heavy atom. The number of nitrogens with zero attached hydrogens (tertiary/aromatic N) is 5. The zero-order valence-electron chi connectivity index (χ0n) is 20.8. The number of ether oxygens (including phenoxy) is 1. The normalized spacial score (nSPS) is 18.4. The lowest BCUT2D eigenvalue weighted by Gasteiger charge is -2.27. The number of anilines is 4. The van der Waals surface area contributed by atoms with Gasteiger partial charge in [0.25, 0.3) is 0 Å². The second kappa shape index (κ2) is 11.9. The van der Waals surface area contributed by atoms with Crippen molar-refractivity contribution in [3.05, 3.63) is 65.4 Å². The number of rotatable bonds is 7. The van der Waals surface area contributed by atoms with Crippen LogP contribution in [-0.4, -0.2) is 60.6 Å². The van der Waals surface area contributed by atoms with Crippen molar-refractivity contribution in [2.24, 2.45) is 5.10 Å². The van der Waals surface area contributed by atoms with Crippen LogP contribution in [0, 0.1) is 5.82 Å². The molecule has 206 valence electrons. The highest BCUT2D eigenvalue weighted by Crippen LogP contribution is 2.38. The van der Waals surface area contributed by atoms with E-state index in [9.17, 15) is 17.6 Å². The lowest BCUT2D eigenvalue weighted by atomic mass is 9.90. The van der Waals surface area contributed by atoms with Crippen molar-refractivity contribution in [2.45, 2.75) is 18.5 Å². The molecular formula is C25H27F4N9O. The maximum absolute atomic E-state index is 14.2. The van der Waals surface area contributed by atoms with Gasteiger partial charge in [0.15, 0.2) is 11.6 Å². The Hall–Kier alpha value is -3.88. The predicted octanol–water partition coefficient (Wildman–Crippen LogP) is 3.64. The van der Waals surface area contributed by atoms with Crippen LogP contribution >= 0.6 is 0 Å². The molecule has 2 fully saturated rings. The average molecular weight is 546 g/mol. The number of alkyl halides is 3. The summed E-state index contributed by atoms with van der Waals surface area (Å²) < 4.78 is 60.9. The molecule has 1 atom stereocenters. The highest BCUT2D eigenvalue weighted by atomic mass is 19.4. The predicted molar refractivity (Wildman–Crippen MR) is 139 cm³/mol. The summed E-state index contributed by atoms with van der Waals surface area (Å²) in [6.07, 6.45) is 0.140. The minimum Gasteiger partial charge on any atom is -0.378 e. The van der Waals surface area contributed by atoms with Gasteiger partial charge in [0.05, 0.1) is 48.8 Å². The van der Waals surface area contributed by atoms with Crippen molar-refractivity contribution in [1.29, 1.82) is 0 Å². The summed E-state index contributed by atoms with van der Waals surface area (Å²) in [6.45, 7) is 3.07. The van der Waals surface area contributed by atoms with Crippen LogP contribution in [0.4, 0.5) is 40.7 Å². The first-order valence-corrected chi connectivity index (χ1v) is 12.4. The van der Waals surface area contributed by atoms with Crippen LogP contribution in [0.1, 0.15) is 29.2 Å². The number of benzene rings is 1. The molecule has 2 aliphatic rings. The number of nitrogens with one attached hydrogen (secondary N) is 4. The van der Waals surface area contributed by atoms with Gasteiger partial charge in [0.2, 0.25) is 5.95 Å². The molecule has 1 aromatic carbocycles. The van der Waals surface area contributed by atoms with Crippen LogP contribution in [0.2, 0.25) is 0 Å². The van der Waals surface area contributed by atoms with E-state index in [4.69, 9.17) is 4.74 Å². The Morgan fingerprint density at radius 1 is 1.05 bits per heavy atom. The fourth-order valence-corrected chi connectivity index (χ4v) is 4.42. The van der Waals surface area contributed by atoms with Crippen LogP contribution in [-0.2, 0) is 10.9 Å². The number of halogens is 4. The molecule has 14 heteroatoms. The van der Waals surface area contributed by atoms with Crippen molar-refractivity contribution in [2.75, 3.05) is 55.0 Å². The summed E-state index contributed by atoms with van der Waals surface area (Å²) in [5, 5.41) is 7.03. The molecule has 0 amide bonds. The van der Waals surface area contributed by atoms with Crippen molar-refractivity contribution >= 4 is 29.4 Å². The number of hydrazone groups is 1. The summed E-state index contributed by atoms with van der Waals surface area (Å²) in [5.74, 6) is -0.459. The molecule has 2 aliphatic heterocycles. The molecular weight excluding hydrogens is 518 g/mol. The minimum atomic E-state index is -4.47. The summed E-state index contributed by atoms with van der Waals surface area (Å²) in [7, 11) is 0. The molecule has 5 rings (SSSR count). The fourth-order valence-electron chi connectivity index (χ4n) is 4.42. The molecule has 2 aromatic heterocycles. The van der Waals surface area contributed by atoms with Gasteiger partial charge < -0.3 is 15.0 Å². The molecule has 0 saturated carbocycles.